The van der Waals surface area contributed by atoms with Gasteiger partial charge in [0.2, 0.25) is 0 Å². The number of nitrogens with one attached hydrogen (secondary N) is 1. The molecule has 0 fully saturated rings. The van der Waals surface area contributed by atoms with Gasteiger partial charge in [-0.25, -0.2) is 15.0 Å². The lowest BCUT2D eigenvalue weighted by Crippen LogP contribution is -2.33. The lowest BCUT2D eigenvalue weighted by molar-refractivity contribution is -0.137. The van der Waals surface area contributed by atoms with Crippen molar-refractivity contribution in [3.8, 4) is 0 Å². The molecule has 10 heteroatoms. The van der Waals surface area contributed by atoms with E-state index < -0.39 is 11.7 Å². The Morgan fingerprint density at radius 3 is 2.53 bits per heavy atom. The molecule has 0 atom stereocenters. The summed E-state index contributed by atoms with van der Waals surface area (Å²) in [7, 11) is 3.84. The number of fused-ring (bicyclic) bond motifs is 1. The molecule has 6 nitrogen and oxygen atoms in total. The minimum absolute atomic E-state index is 0.511. The summed E-state index contributed by atoms with van der Waals surface area (Å²) < 4.78 is 38.7. The molecule has 168 valence electrons. The Morgan fingerprint density at radius 2 is 1.88 bits per heavy atom. The fraction of sp³-hybridized carbons (Fsp3) is 0.318. The first kappa shape index (κ1) is 22.3. The number of halogens is 4. The third-order valence-electron chi connectivity index (χ3n) is 5.08. The SMILES string of the molecule is CN(C)Cc1nc2c(c(Nc3ccc(C(F)(F)F)cc3)n1)CCN(c1ncccc1Cl)C2. The molecule has 1 aromatic carbocycles. The number of benzene rings is 1. The largest absolute Gasteiger partial charge is 0.416 e. The standard InChI is InChI=1S/C22H22ClF3N6/c1-31(2)13-19-29-18-12-32(21-17(23)4-3-10-27-21)11-9-16(18)20(30-19)28-15-7-5-14(6-8-15)22(24,25)26/h3-8,10H,9,11-13H2,1-2H3,(H,28,29,30). The van der Waals surface area contributed by atoms with Gasteiger partial charge in [-0.3, -0.25) is 0 Å². The molecule has 1 N–H and O–H groups in total. The molecule has 32 heavy (non-hydrogen) atoms. The zero-order valence-electron chi connectivity index (χ0n) is 17.6. The molecule has 0 spiro atoms. The van der Waals surface area contributed by atoms with E-state index in [2.05, 4.69) is 20.2 Å². The van der Waals surface area contributed by atoms with E-state index in [1.54, 1.807) is 18.3 Å². The van der Waals surface area contributed by atoms with Gasteiger partial charge in [0, 0.05) is 24.0 Å². The Kier molecular flexibility index (Phi) is 6.21. The average Bonchev–Trinajstić information content (AvgIpc) is 2.73. The number of hydrogen-bond acceptors (Lipinski definition) is 6. The molecule has 0 aliphatic carbocycles. The van der Waals surface area contributed by atoms with Crippen molar-refractivity contribution in [2.45, 2.75) is 25.7 Å². The fourth-order valence-corrected chi connectivity index (χ4v) is 3.85. The quantitative estimate of drug-likeness (QED) is 0.581. The zero-order chi connectivity index (χ0) is 22.9. The second-order valence-corrected chi connectivity index (χ2v) is 8.24. The Bertz CT molecular complexity index is 1100. The van der Waals surface area contributed by atoms with E-state index in [1.807, 2.05) is 19.0 Å². The van der Waals surface area contributed by atoms with Crippen molar-refractivity contribution in [3.63, 3.8) is 0 Å². The first-order valence-electron chi connectivity index (χ1n) is 10.0. The van der Waals surface area contributed by atoms with Crippen molar-refractivity contribution in [2.24, 2.45) is 0 Å². The maximum atomic E-state index is 12.9. The van der Waals surface area contributed by atoms with Crippen molar-refractivity contribution < 1.29 is 13.2 Å². The van der Waals surface area contributed by atoms with Crippen LogP contribution in [0.2, 0.25) is 5.02 Å². The Labute approximate surface area is 189 Å². The lowest BCUT2D eigenvalue weighted by atomic mass is 10.0. The number of anilines is 3. The summed E-state index contributed by atoms with van der Waals surface area (Å²) in [5, 5.41) is 3.76. The van der Waals surface area contributed by atoms with Gasteiger partial charge in [-0.05, 0) is 56.9 Å². The van der Waals surface area contributed by atoms with Crippen LogP contribution in [-0.4, -0.2) is 40.5 Å². The summed E-state index contributed by atoms with van der Waals surface area (Å²) >= 11 is 6.33. The van der Waals surface area contributed by atoms with E-state index >= 15 is 0 Å². The maximum absolute atomic E-state index is 12.9. The Balaban J connectivity index is 1.66. The highest BCUT2D eigenvalue weighted by atomic mass is 35.5. The molecule has 0 amide bonds. The molecule has 0 bridgehead atoms. The van der Waals surface area contributed by atoms with Crippen molar-refractivity contribution in [2.75, 3.05) is 30.9 Å². The number of aromatic nitrogens is 3. The van der Waals surface area contributed by atoms with Crippen molar-refractivity contribution in [1.82, 2.24) is 19.9 Å². The van der Waals surface area contributed by atoms with Crippen LogP contribution >= 0.6 is 11.6 Å². The van der Waals surface area contributed by atoms with Crippen molar-refractivity contribution in [3.05, 3.63) is 70.3 Å². The number of pyridine rings is 1. The van der Waals surface area contributed by atoms with Gasteiger partial charge in [0.05, 0.1) is 29.4 Å². The van der Waals surface area contributed by atoms with Crippen molar-refractivity contribution in [1.29, 1.82) is 0 Å². The molecule has 1 aliphatic rings. The highest BCUT2D eigenvalue weighted by Crippen LogP contribution is 2.33. The summed E-state index contributed by atoms with van der Waals surface area (Å²) in [6, 6.07) is 8.52. The highest BCUT2D eigenvalue weighted by molar-refractivity contribution is 6.32. The number of alkyl halides is 3. The van der Waals surface area contributed by atoms with Crippen LogP contribution in [0.4, 0.5) is 30.5 Å². The predicted octanol–water partition coefficient (Wildman–Crippen LogP) is 4.91. The summed E-state index contributed by atoms with van der Waals surface area (Å²) in [5.41, 5.74) is 1.63. The van der Waals surface area contributed by atoms with Crippen LogP contribution in [0.3, 0.4) is 0 Å². The first-order chi connectivity index (χ1) is 15.2. The smallest absolute Gasteiger partial charge is 0.349 e. The van der Waals surface area contributed by atoms with Gasteiger partial charge in [-0.2, -0.15) is 13.2 Å². The zero-order valence-corrected chi connectivity index (χ0v) is 18.4. The van der Waals surface area contributed by atoms with Crippen LogP contribution in [0.15, 0.2) is 42.6 Å². The average molecular weight is 463 g/mol. The van der Waals surface area contributed by atoms with Crippen LogP contribution in [0.5, 0.6) is 0 Å². The second kappa shape index (κ2) is 8.91. The summed E-state index contributed by atoms with van der Waals surface area (Å²) in [4.78, 5) is 17.8. The van der Waals surface area contributed by atoms with Crippen LogP contribution in [0.25, 0.3) is 0 Å². The number of nitrogens with zero attached hydrogens (tertiary/aromatic N) is 5. The van der Waals surface area contributed by atoms with E-state index in [9.17, 15) is 13.2 Å². The van der Waals surface area contributed by atoms with Crippen LogP contribution in [-0.2, 0) is 25.7 Å². The van der Waals surface area contributed by atoms with Crippen LogP contribution in [0, 0.1) is 0 Å². The summed E-state index contributed by atoms with van der Waals surface area (Å²) in [6.45, 7) is 1.71. The number of rotatable bonds is 5. The van der Waals surface area contributed by atoms with Gasteiger partial charge in [0.1, 0.15) is 17.5 Å². The summed E-state index contributed by atoms with van der Waals surface area (Å²) in [5.74, 6) is 1.93. The molecular weight excluding hydrogens is 441 g/mol. The van der Waals surface area contributed by atoms with E-state index in [0.29, 0.717) is 54.2 Å². The Morgan fingerprint density at radius 1 is 1.12 bits per heavy atom. The molecule has 1 aliphatic heterocycles. The second-order valence-electron chi connectivity index (χ2n) is 7.83. The van der Waals surface area contributed by atoms with Gasteiger partial charge in [-0.15, -0.1) is 0 Å². The molecule has 0 saturated carbocycles. The minimum atomic E-state index is -4.37. The van der Waals surface area contributed by atoms with Gasteiger partial charge >= 0.3 is 6.18 Å². The third-order valence-corrected chi connectivity index (χ3v) is 5.38. The normalized spacial score (nSPS) is 13.9. The summed E-state index contributed by atoms with van der Waals surface area (Å²) in [6.07, 6.45) is -2.03. The molecule has 0 saturated heterocycles. The lowest BCUT2D eigenvalue weighted by Gasteiger charge is -2.31. The molecule has 0 radical (unpaired) electrons. The van der Waals surface area contributed by atoms with Gasteiger partial charge in [-0.1, -0.05) is 11.6 Å². The molecule has 0 unspecified atom stereocenters. The van der Waals surface area contributed by atoms with Crippen LogP contribution < -0.4 is 10.2 Å². The number of hydrogen-bond donors (Lipinski definition) is 1. The van der Waals surface area contributed by atoms with E-state index in [1.165, 1.54) is 12.1 Å². The Hall–Kier alpha value is -2.91. The molecule has 2 aromatic heterocycles. The van der Waals surface area contributed by atoms with Gasteiger partial charge in [0.15, 0.2) is 0 Å². The van der Waals surface area contributed by atoms with Gasteiger partial charge < -0.3 is 15.1 Å². The topological polar surface area (TPSA) is 57.2 Å². The van der Waals surface area contributed by atoms with E-state index in [-0.39, 0.29) is 0 Å². The van der Waals surface area contributed by atoms with Crippen LogP contribution in [0.1, 0.15) is 22.6 Å². The molecular formula is C22H22ClF3N6. The predicted molar refractivity (Wildman–Crippen MR) is 118 cm³/mol. The molecule has 3 heterocycles. The van der Waals surface area contributed by atoms with Crippen molar-refractivity contribution >= 4 is 28.9 Å². The fourth-order valence-electron chi connectivity index (χ4n) is 3.61. The molecule has 4 rings (SSSR count). The third kappa shape index (κ3) is 4.94. The van der Waals surface area contributed by atoms with E-state index in [0.717, 1.165) is 23.4 Å². The monoisotopic (exact) mass is 462 g/mol. The van der Waals surface area contributed by atoms with Gasteiger partial charge in [0.25, 0.3) is 0 Å². The maximum Gasteiger partial charge on any atom is 0.416 e. The minimum Gasteiger partial charge on any atom is -0.349 e. The highest BCUT2D eigenvalue weighted by Gasteiger charge is 2.30. The van der Waals surface area contributed by atoms with E-state index in [4.69, 9.17) is 16.6 Å². The molecule has 3 aromatic rings. The first-order valence-corrected chi connectivity index (χ1v) is 10.4.